The number of likely N-dealkylation sites (N-methyl/N-ethyl adjacent to an activating group) is 1. The number of amides is 1. The fourth-order valence-corrected chi connectivity index (χ4v) is 13.1. The molecule has 0 spiro atoms. The molecule has 0 saturated carbocycles. The molecule has 0 radical (unpaired) electrons. The number of cyclic esters (lactones) is 1. The summed E-state index contributed by atoms with van der Waals surface area (Å²) < 4.78 is 63.3. The summed E-state index contributed by atoms with van der Waals surface area (Å²) >= 11 is 1.43. The van der Waals surface area contributed by atoms with Gasteiger partial charge in [-0.1, -0.05) is 32.9 Å². The van der Waals surface area contributed by atoms with Crippen LogP contribution in [0, 0.1) is 23.7 Å². The van der Waals surface area contributed by atoms with E-state index < -0.39 is 125 Å². The maximum atomic E-state index is 14.7. The van der Waals surface area contributed by atoms with Gasteiger partial charge in [0.05, 0.1) is 73.1 Å². The normalized spacial score (nSPS) is 36.8. The number of alkyl carbamates (subject to hydrolysis) is 1. The first-order valence-corrected chi connectivity index (χ1v) is 29.6. The quantitative estimate of drug-likeness (QED) is 0.0356. The van der Waals surface area contributed by atoms with Gasteiger partial charge in [-0.25, -0.2) is 9.59 Å². The molecule has 24 nitrogen and oxygen atoms in total. The fraction of sp³-hybridized carbons (Fsp3) is 0.776. The number of nitrogens with zero attached hydrogens (tertiary/aromatic N) is 3. The number of aromatic carboxylic acids is 1. The van der Waals surface area contributed by atoms with Crippen LogP contribution in [-0.2, 0) is 69.3 Å². The number of aliphatic hydroxyl groups is 4. The van der Waals surface area contributed by atoms with Crippen molar-refractivity contribution in [2.24, 2.45) is 28.8 Å². The summed E-state index contributed by atoms with van der Waals surface area (Å²) in [5.74, 6) is -5.30. The summed E-state index contributed by atoms with van der Waals surface area (Å²) in [6, 6.07) is 3.24. The summed E-state index contributed by atoms with van der Waals surface area (Å²) in [6.07, 6.45) is -9.94. The number of rotatable bonds is 19. The lowest BCUT2D eigenvalue weighted by molar-refractivity contribution is -0.317. The van der Waals surface area contributed by atoms with Gasteiger partial charge in [0.2, 0.25) is 12.2 Å². The van der Waals surface area contributed by atoms with Crippen molar-refractivity contribution in [3.8, 4) is 0 Å². The Bertz CT molecular complexity index is 2630. The number of nitrogens with one attached hydrogen (secondary N) is 1. The number of esters is 1. The van der Waals surface area contributed by atoms with Crippen LogP contribution in [0.15, 0.2) is 33.2 Å². The van der Waals surface area contributed by atoms with E-state index >= 15 is 0 Å². The Hall–Kier alpha value is -4.06. The first-order valence-electron chi connectivity index (χ1n) is 28.6. The summed E-state index contributed by atoms with van der Waals surface area (Å²) in [5, 5.41) is 66.0. The van der Waals surface area contributed by atoms with E-state index in [1.165, 1.54) is 39.1 Å². The van der Waals surface area contributed by atoms with Gasteiger partial charge in [0.25, 0.3) is 0 Å². The van der Waals surface area contributed by atoms with Gasteiger partial charge in [0.1, 0.15) is 34.7 Å². The molecule has 4 aliphatic rings. The Morgan fingerprint density at radius 2 is 1.64 bits per heavy atom. The number of carbonyl (C=O) groups is 3. The summed E-state index contributed by atoms with van der Waals surface area (Å²) in [4.78, 5) is 61.5. The first kappa shape index (κ1) is 68.1. The number of ether oxygens (including phenoxy) is 10. The zero-order chi connectivity index (χ0) is 61.7. The van der Waals surface area contributed by atoms with Crippen molar-refractivity contribution in [1.29, 1.82) is 0 Å². The average Bonchev–Trinajstić information content (AvgIpc) is 1.47. The molecule has 2 aromatic rings. The lowest BCUT2D eigenvalue weighted by atomic mass is 9.73. The van der Waals surface area contributed by atoms with Crippen molar-refractivity contribution >= 4 is 46.4 Å². The second-order valence-corrected chi connectivity index (χ2v) is 25.3. The molecule has 3 saturated heterocycles. The average molecular weight is 1200 g/mol. The Labute approximate surface area is 491 Å². The van der Waals surface area contributed by atoms with Crippen molar-refractivity contribution in [2.75, 3.05) is 60.6 Å². The number of hydrogen-bond donors (Lipinski definition) is 6. The lowest BCUT2D eigenvalue weighted by Crippen LogP contribution is -2.61. The number of carboxylic acids is 1. The van der Waals surface area contributed by atoms with Gasteiger partial charge in [-0.15, -0.1) is 11.8 Å². The van der Waals surface area contributed by atoms with Crippen LogP contribution in [0.1, 0.15) is 125 Å². The van der Waals surface area contributed by atoms with Gasteiger partial charge in [0, 0.05) is 78.8 Å². The minimum Gasteiger partial charge on any atom is -0.477 e. The zero-order valence-corrected chi connectivity index (χ0v) is 51.9. The van der Waals surface area contributed by atoms with Crippen LogP contribution in [-0.4, -0.2) is 204 Å². The molecule has 1 amide bonds. The minimum atomic E-state index is -2.02. The highest BCUT2D eigenvalue weighted by Crippen LogP contribution is 2.42. The van der Waals surface area contributed by atoms with Crippen LogP contribution in [0.25, 0.3) is 10.9 Å². The van der Waals surface area contributed by atoms with Gasteiger partial charge in [-0.3, -0.25) is 9.59 Å². The maximum Gasteiger partial charge on any atom is 0.407 e. The molecule has 1 aromatic carbocycles. The fourth-order valence-electron chi connectivity index (χ4n) is 12.3. The summed E-state index contributed by atoms with van der Waals surface area (Å²) in [7, 11) is 6.58. The van der Waals surface area contributed by atoms with Crippen molar-refractivity contribution in [3.63, 3.8) is 0 Å². The Morgan fingerprint density at radius 3 is 2.28 bits per heavy atom. The van der Waals surface area contributed by atoms with Crippen LogP contribution in [0.4, 0.5) is 4.79 Å². The van der Waals surface area contributed by atoms with Crippen molar-refractivity contribution in [1.82, 2.24) is 14.8 Å². The Kier molecular flexibility index (Phi) is 23.1. The number of hydrogen-bond acceptors (Lipinski definition) is 22. The Balaban J connectivity index is 1.18. The summed E-state index contributed by atoms with van der Waals surface area (Å²) in [6.45, 7) is 20.9. The van der Waals surface area contributed by atoms with Crippen LogP contribution in [0.2, 0.25) is 0 Å². The third-order valence-corrected chi connectivity index (χ3v) is 17.9. The second-order valence-electron chi connectivity index (χ2n) is 24.2. The Morgan fingerprint density at radius 1 is 0.940 bits per heavy atom. The summed E-state index contributed by atoms with van der Waals surface area (Å²) in [5.41, 5.74) is -5.19. The number of carbonyl (C=O) groups excluding carboxylic acids is 2. The number of oxime groups is 1. The lowest BCUT2D eigenvalue weighted by Gasteiger charge is -2.49. The topological polar surface area (TPSA) is 304 Å². The third-order valence-electron chi connectivity index (χ3n) is 16.9. The van der Waals surface area contributed by atoms with E-state index in [4.69, 9.17) is 52.2 Å². The molecule has 6 rings (SSSR count). The maximum absolute atomic E-state index is 14.7. The molecular formula is C58H92N4O20S. The van der Waals surface area contributed by atoms with E-state index in [2.05, 4.69) is 10.5 Å². The predicted octanol–water partition coefficient (Wildman–Crippen LogP) is 4.97. The smallest absolute Gasteiger partial charge is 0.407 e. The molecule has 3 fully saturated rings. The van der Waals surface area contributed by atoms with E-state index in [1.54, 1.807) is 66.0 Å². The van der Waals surface area contributed by atoms with Crippen LogP contribution in [0.3, 0.4) is 0 Å². The highest BCUT2D eigenvalue weighted by atomic mass is 32.2. The standard InChI is InChI=1S/C58H92N4O20S/c1-17-41-58(12,71)48(65)32(4)43(60-76-29-72-15)30(2)25-56(10,70)49(81-53-46(64)40(61(13)14)22-31(3)77-53)33(5)47(34(6)52(68)79-41)80-42-26-57(11,73-16)50(35(7)78-42)82-54(69)59-18-19-74-20-21-83-37-23-36-28-75-55(8,9)62-27-39(51(66)67)45(63)38(24-37)44(36)62/h23-24,27,30-35,40-42,46-50,53,64-65,70-71H,17-22,25-26,28-29H2,1-16H3,(H,59,69)(H,66,67)/b60-43+/t30-,31+,32+,33+,34-,35+,40-,41-,42+,46+,47+,48-,49-,50+,53-,56-,57-,58-/m1/s1. The zero-order valence-electron chi connectivity index (χ0n) is 51.1. The minimum absolute atomic E-state index is 0.0266. The highest BCUT2D eigenvalue weighted by molar-refractivity contribution is 7.99. The SMILES string of the molecule is CC[C@H]1OC(=O)[C@H](C)[C@@H](O[C@H]2C[C@@](C)(OC)[C@@H](OC(=O)NCCOCCSc3cc4c5c(c3)c(=O)c(C(=O)O)cn5C(C)(C)OC4)[C@H](C)O2)[C@H](C)[C@@H](O[C@H]2O[C@@H](C)C[C@@H](N(C)C)[C@@H]2O)[C@](C)(O)C[C@@H](C)/C(=N\OCOC)[C@H](C)[C@@H](O)[C@]1(C)O. The number of benzene rings is 1. The molecule has 1 aromatic heterocycles. The molecular weight excluding hydrogens is 1100 g/mol. The van der Waals surface area contributed by atoms with Gasteiger partial charge in [-0.05, 0) is 101 Å². The molecule has 470 valence electrons. The van der Waals surface area contributed by atoms with Crippen LogP contribution in [0.5, 0.6) is 0 Å². The van der Waals surface area contributed by atoms with E-state index in [9.17, 15) is 44.7 Å². The van der Waals surface area contributed by atoms with Gasteiger partial charge in [-0.2, -0.15) is 0 Å². The monoisotopic (exact) mass is 1200 g/mol. The number of aromatic nitrogens is 1. The molecule has 6 N–H and O–H groups in total. The molecule has 4 aliphatic heterocycles. The van der Waals surface area contributed by atoms with E-state index in [0.717, 1.165) is 10.5 Å². The van der Waals surface area contributed by atoms with E-state index in [1.807, 2.05) is 45.8 Å². The first-order chi connectivity index (χ1) is 38.8. The van der Waals surface area contributed by atoms with Crippen LogP contribution < -0.4 is 10.7 Å². The van der Waals surface area contributed by atoms with Crippen molar-refractivity contribution in [2.45, 2.75) is 210 Å². The predicted molar refractivity (Wildman–Crippen MR) is 305 cm³/mol. The molecule has 18 atom stereocenters. The number of methoxy groups -OCH3 is 2. The number of carboxylic acid groups (broad SMARTS) is 1. The molecule has 5 heterocycles. The largest absolute Gasteiger partial charge is 0.477 e. The molecule has 0 bridgehead atoms. The number of thioether (sulfide) groups is 1. The molecule has 0 unspecified atom stereocenters. The van der Waals surface area contributed by atoms with Crippen LogP contribution >= 0.6 is 11.8 Å². The van der Waals surface area contributed by atoms with Crippen molar-refractivity contribution < 1.29 is 92.1 Å². The van der Waals surface area contributed by atoms with Crippen molar-refractivity contribution in [3.05, 3.63) is 39.7 Å². The van der Waals surface area contributed by atoms with E-state index in [-0.39, 0.29) is 75.8 Å². The number of pyridine rings is 1. The molecule has 83 heavy (non-hydrogen) atoms. The third kappa shape index (κ3) is 15.6. The molecule has 25 heteroatoms. The van der Waals surface area contributed by atoms with Gasteiger partial charge >= 0.3 is 18.0 Å². The second kappa shape index (κ2) is 28.2. The van der Waals surface area contributed by atoms with Gasteiger partial charge in [0.15, 0.2) is 18.7 Å². The van der Waals surface area contributed by atoms with Gasteiger partial charge < -0.3 is 92.5 Å². The number of aliphatic hydroxyl groups excluding tert-OH is 2. The molecule has 0 aliphatic carbocycles. The highest BCUT2D eigenvalue weighted by Gasteiger charge is 2.54. The van der Waals surface area contributed by atoms with E-state index in [0.29, 0.717) is 23.1 Å².